The number of fused-ring (bicyclic) bond motifs is 3. The Kier molecular flexibility index (Phi) is 6.30. The Bertz CT molecular complexity index is 1100. The van der Waals surface area contributed by atoms with Crippen molar-refractivity contribution in [1.82, 2.24) is 14.8 Å². The fourth-order valence-corrected chi connectivity index (χ4v) is 4.23. The summed E-state index contributed by atoms with van der Waals surface area (Å²) in [6, 6.07) is 20.2. The number of para-hydroxylation sites is 1. The summed E-state index contributed by atoms with van der Waals surface area (Å²) in [5.41, 5.74) is 5.46. The number of carbonyl (C=O) groups excluding carboxylic acids is 2. The SMILES string of the molecule is COC(=O)CCNC(=O)N1Cc2ccccc2-n2cccc2[C@H]1c1ccc(C(C)C)cc1. The lowest BCUT2D eigenvalue weighted by Crippen LogP contribution is -2.42. The van der Waals surface area contributed by atoms with Crippen LogP contribution in [0.4, 0.5) is 4.79 Å². The van der Waals surface area contributed by atoms with Gasteiger partial charge in [-0.25, -0.2) is 4.79 Å². The topological polar surface area (TPSA) is 63.6 Å². The number of hydrogen-bond acceptors (Lipinski definition) is 3. The van der Waals surface area contributed by atoms with Crippen LogP contribution in [0.25, 0.3) is 5.69 Å². The molecule has 0 bridgehead atoms. The van der Waals surface area contributed by atoms with E-state index in [0.717, 1.165) is 22.5 Å². The minimum absolute atomic E-state index is 0.136. The molecule has 0 unspecified atom stereocenters. The molecule has 0 aliphatic carbocycles. The molecule has 32 heavy (non-hydrogen) atoms. The van der Waals surface area contributed by atoms with Gasteiger partial charge < -0.3 is 19.5 Å². The van der Waals surface area contributed by atoms with Gasteiger partial charge in [-0.3, -0.25) is 4.79 Å². The zero-order valence-electron chi connectivity index (χ0n) is 18.7. The summed E-state index contributed by atoms with van der Waals surface area (Å²) < 4.78 is 6.86. The number of esters is 1. The van der Waals surface area contributed by atoms with E-state index < -0.39 is 0 Å². The van der Waals surface area contributed by atoms with E-state index in [4.69, 9.17) is 4.74 Å². The van der Waals surface area contributed by atoms with Crippen molar-refractivity contribution in [3.8, 4) is 5.69 Å². The molecule has 0 saturated heterocycles. The Hall–Kier alpha value is -3.54. The number of nitrogens with one attached hydrogen (secondary N) is 1. The minimum atomic E-state index is -0.346. The summed E-state index contributed by atoms with van der Waals surface area (Å²) in [4.78, 5) is 26.7. The molecular weight excluding hydrogens is 402 g/mol. The first-order chi connectivity index (χ1) is 15.5. The molecule has 0 saturated carbocycles. The van der Waals surface area contributed by atoms with E-state index in [0.29, 0.717) is 12.5 Å². The van der Waals surface area contributed by atoms with Crippen LogP contribution >= 0.6 is 0 Å². The summed E-state index contributed by atoms with van der Waals surface area (Å²) in [6.45, 7) is 5.02. The highest BCUT2D eigenvalue weighted by atomic mass is 16.5. The average Bonchev–Trinajstić information content (AvgIpc) is 3.23. The van der Waals surface area contributed by atoms with E-state index in [1.54, 1.807) is 0 Å². The summed E-state index contributed by atoms with van der Waals surface area (Å²) in [5.74, 6) is 0.0882. The number of carbonyl (C=O) groups is 2. The van der Waals surface area contributed by atoms with Gasteiger partial charge in [0.2, 0.25) is 0 Å². The van der Waals surface area contributed by atoms with Gasteiger partial charge in [0.25, 0.3) is 0 Å². The first-order valence-electron chi connectivity index (χ1n) is 11.0. The van der Waals surface area contributed by atoms with Crippen LogP contribution < -0.4 is 5.32 Å². The van der Waals surface area contributed by atoms with Crippen LogP contribution in [-0.4, -0.2) is 35.1 Å². The van der Waals surface area contributed by atoms with Crippen molar-refractivity contribution >= 4 is 12.0 Å². The largest absolute Gasteiger partial charge is 0.469 e. The highest BCUT2D eigenvalue weighted by Crippen LogP contribution is 2.36. The van der Waals surface area contributed by atoms with Gasteiger partial charge in [0.1, 0.15) is 0 Å². The lowest BCUT2D eigenvalue weighted by molar-refractivity contribution is -0.140. The number of rotatable bonds is 5. The lowest BCUT2D eigenvalue weighted by Gasteiger charge is -2.31. The van der Waals surface area contributed by atoms with Gasteiger partial charge >= 0.3 is 12.0 Å². The van der Waals surface area contributed by atoms with Crippen LogP contribution in [0.2, 0.25) is 0 Å². The molecule has 4 rings (SSSR count). The number of benzene rings is 2. The maximum Gasteiger partial charge on any atom is 0.318 e. The Morgan fingerprint density at radius 3 is 2.53 bits per heavy atom. The van der Waals surface area contributed by atoms with Crippen molar-refractivity contribution in [3.05, 3.63) is 89.2 Å². The molecule has 0 fully saturated rings. The summed E-state index contributed by atoms with van der Waals surface area (Å²) in [6.07, 6.45) is 2.18. The molecule has 2 amide bonds. The zero-order chi connectivity index (χ0) is 22.7. The first kappa shape index (κ1) is 21.7. The van der Waals surface area contributed by atoms with Crippen molar-refractivity contribution in [3.63, 3.8) is 0 Å². The third-order valence-electron chi connectivity index (χ3n) is 5.98. The first-order valence-corrected chi connectivity index (χ1v) is 11.0. The summed E-state index contributed by atoms with van der Waals surface area (Å²) in [5, 5.41) is 2.91. The highest BCUT2D eigenvalue weighted by Gasteiger charge is 2.32. The van der Waals surface area contributed by atoms with E-state index in [1.165, 1.54) is 12.7 Å². The van der Waals surface area contributed by atoms with Gasteiger partial charge in [-0.1, -0.05) is 56.3 Å². The van der Waals surface area contributed by atoms with Crippen molar-refractivity contribution < 1.29 is 14.3 Å². The Morgan fingerprint density at radius 2 is 1.81 bits per heavy atom. The predicted octanol–water partition coefficient (Wildman–Crippen LogP) is 4.78. The van der Waals surface area contributed by atoms with E-state index >= 15 is 0 Å². The molecule has 1 aliphatic heterocycles. The molecule has 1 N–H and O–H groups in total. The van der Waals surface area contributed by atoms with E-state index in [1.807, 2.05) is 29.3 Å². The van der Waals surface area contributed by atoms with E-state index in [2.05, 4.69) is 66.2 Å². The maximum absolute atomic E-state index is 13.4. The second-order valence-corrected chi connectivity index (χ2v) is 8.34. The smallest absolute Gasteiger partial charge is 0.318 e. The monoisotopic (exact) mass is 431 g/mol. The number of ether oxygens (including phenoxy) is 1. The minimum Gasteiger partial charge on any atom is -0.469 e. The molecule has 1 atom stereocenters. The van der Waals surface area contributed by atoms with Crippen molar-refractivity contribution in [1.29, 1.82) is 0 Å². The van der Waals surface area contributed by atoms with Gasteiger partial charge in [0, 0.05) is 18.4 Å². The number of amides is 2. The van der Waals surface area contributed by atoms with Crippen molar-refractivity contribution in [2.24, 2.45) is 0 Å². The van der Waals surface area contributed by atoms with Crippen LogP contribution in [0.15, 0.2) is 66.9 Å². The van der Waals surface area contributed by atoms with E-state index in [-0.39, 0.29) is 31.0 Å². The second-order valence-electron chi connectivity index (χ2n) is 8.34. The van der Waals surface area contributed by atoms with Gasteiger partial charge in [-0.2, -0.15) is 0 Å². The predicted molar refractivity (Wildman–Crippen MR) is 124 cm³/mol. The standard InChI is InChI=1S/C26H29N3O3/c1-18(2)19-10-12-20(13-11-19)25-23-9-6-16-28(23)22-8-5-4-7-21(22)17-29(25)26(31)27-15-14-24(30)32-3/h4-13,16,18,25H,14-15,17H2,1-3H3,(H,27,31)/t25-/m1/s1. The Balaban J connectivity index is 1.74. The normalized spacial score (nSPS) is 15.0. The van der Waals surface area contributed by atoms with Crippen LogP contribution in [0.1, 0.15) is 54.6 Å². The molecule has 3 aromatic rings. The van der Waals surface area contributed by atoms with E-state index in [9.17, 15) is 9.59 Å². The Morgan fingerprint density at radius 1 is 1.06 bits per heavy atom. The number of urea groups is 1. The highest BCUT2D eigenvalue weighted by molar-refractivity contribution is 5.77. The molecular formula is C26H29N3O3. The van der Waals surface area contributed by atoms with Crippen LogP contribution in [0.5, 0.6) is 0 Å². The van der Waals surface area contributed by atoms with Gasteiger partial charge in [0.15, 0.2) is 0 Å². The third-order valence-corrected chi connectivity index (χ3v) is 5.98. The number of nitrogens with zero attached hydrogens (tertiary/aromatic N) is 2. The Labute approximate surface area is 188 Å². The second kappa shape index (κ2) is 9.30. The van der Waals surface area contributed by atoms with Gasteiger partial charge in [-0.05, 0) is 40.8 Å². The average molecular weight is 432 g/mol. The molecule has 0 radical (unpaired) electrons. The van der Waals surface area contributed by atoms with Crippen molar-refractivity contribution in [2.75, 3.05) is 13.7 Å². The molecule has 6 nitrogen and oxygen atoms in total. The van der Waals surface area contributed by atoms with Crippen LogP contribution in [-0.2, 0) is 16.1 Å². The molecule has 2 aromatic carbocycles. The van der Waals surface area contributed by atoms with Crippen molar-refractivity contribution in [2.45, 2.75) is 38.8 Å². The molecule has 166 valence electrons. The lowest BCUT2D eigenvalue weighted by atomic mass is 9.97. The summed E-state index contributed by atoms with van der Waals surface area (Å²) >= 11 is 0. The molecule has 0 spiro atoms. The number of aromatic nitrogens is 1. The fourth-order valence-electron chi connectivity index (χ4n) is 4.23. The summed E-state index contributed by atoms with van der Waals surface area (Å²) in [7, 11) is 1.35. The molecule has 2 heterocycles. The van der Waals surface area contributed by atoms with Gasteiger partial charge in [-0.15, -0.1) is 0 Å². The number of hydrogen-bond donors (Lipinski definition) is 1. The zero-order valence-corrected chi connectivity index (χ0v) is 18.7. The fraction of sp³-hybridized carbons (Fsp3) is 0.308. The van der Waals surface area contributed by atoms with Gasteiger partial charge in [0.05, 0.1) is 31.8 Å². The quantitative estimate of drug-likeness (QED) is 0.592. The third kappa shape index (κ3) is 4.26. The number of methoxy groups -OCH3 is 1. The molecule has 1 aliphatic rings. The molecule has 6 heteroatoms. The molecule has 1 aromatic heterocycles. The van der Waals surface area contributed by atoms with Crippen LogP contribution in [0, 0.1) is 0 Å². The maximum atomic E-state index is 13.4. The van der Waals surface area contributed by atoms with Crippen LogP contribution in [0.3, 0.4) is 0 Å².